The van der Waals surface area contributed by atoms with Gasteiger partial charge in [0.25, 0.3) is 5.56 Å². The lowest BCUT2D eigenvalue weighted by molar-refractivity contribution is -0.0503. The molecule has 3 rings (SSSR count). The molecule has 2 aromatic rings. The molecule has 1 saturated heterocycles. The molecule has 3 heterocycles. The lowest BCUT2D eigenvalue weighted by atomic mass is 10.1. The highest BCUT2D eigenvalue weighted by atomic mass is 31.3. The molecule has 31 heavy (non-hydrogen) atoms. The summed E-state index contributed by atoms with van der Waals surface area (Å²) in [6.45, 7) is -0.987. The van der Waals surface area contributed by atoms with Crippen molar-refractivity contribution in [1.29, 1.82) is 0 Å². The second-order valence-electron chi connectivity index (χ2n) is 5.99. The molecule has 1 aliphatic heterocycles. The maximum absolute atomic E-state index is 11.8. The first-order valence-electron chi connectivity index (χ1n) is 7.89. The number of imidazole rings is 1. The van der Waals surface area contributed by atoms with Crippen LogP contribution in [-0.2, 0) is 31.6 Å². The van der Waals surface area contributed by atoms with Crippen LogP contribution in [0.15, 0.2) is 17.4 Å². The van der Waals surface area contributed by atoms with Gasteiger partial charge in [-0.1, -0.05) is 0 Å². The standard InChI is InChI=1S/C10H15N4O14P3/c15-6-4(1-25-30(21,22)28-31(23,24)27-29(18,19)20)26-10(7(6)16)14-3-13-5-8(14)11-2-12-9(5)17/h2-4,6-7,10,15-16H,1H2,(H,21,22)(H,23,24)(H,11,12,17)(H2,18,19,20)/t4?,6-,7?,10?/m0/s1. The van der Waals surface area contributed by atoms with Crippen molar-refractivity contribution < 1.29 is 61.4 Å². The molecule has 5 unspecified atom stereocenters. The van der Waals surface area contributed by atoms with Crippen LogP contribution in [0.4, 0.5) is 0 Å². The van der Waals surface area contributed by atoms with Crippen LogP contribution in [0, 0.1) is 0 Å². The van der Waals surface area contributed by atoms with Crippen molar-refractivity contribution in [3.63, 3.8) is 0 Å². The molecule has 1 fully saturated rings. The lowest BCUT2D eigenvalue weighted by Gasteiger charge is -2.19. The Morgan fingerprint density at radius 1 is 1.06 bits per heavy atom. The monoisotopic (exact) mass is 508 g/mol. The van der Waals surface area contributed by atoms with Gasteiger partial charge in [-0.3, -0.25) is 13.9 Å². The Hall–Kier alpha value is -1.36. The third-order valence-electron chi connectivity index (χ3n) is 3.79. The molecule has 0 aromatic carbocycles. The van der Waals surface area contributed by atoms with E-state index >= 15 is 0 Å². The van der Waals surface area contributed by atoms with Gasteiger partial charge in [-0.15, -0.1) is 0 Å². The first kappa shape index (κ1) is 24.3. The number of phosphoric acid groups is 3. The van der Waals surface area contributed by atoms with E-state index in [-0.39, 0.29) is 11.2 Å². The maximum Gasteiger partial charge on any atom is 0.490 e. The number of nitrogens with zero attached hydrogens (tertiary/aromatic N) is 3. The minimum Gasteiger partial charge on any atom is -0.387 e. The van der Waals surface area contributed by atoms with Gasteiger partial charge < -0.3 is 39.5 Å². The summed E-state index contributed by atoms with van der Waals surface area (Å²) in [6, 6.07) is 0. The number of nitrogens with one attached hydrogen (secondary N) is 1. The van der Waals surface area contributed by atoms with E-state index in [2.05, 4.69) is 28.1 Å². The first-order chi connectivity index (χ1) is 14.2. The van der Waals surface area contributed by atoms with Crippen LogP contribution >= 0.6 is 23.5 Å². The molecule has 0 radical (unpaired) electrons. The van der Waals surface area contributed by atoms with Gasteiger partial charge in [0.1, 0.15) is 18.3 Å². The van der Waals surface area contributed by atoms with Crippen LogP contribution in [0.3, 0.4) is 0 Å². The van der Waals surface area contributed by atoms with Crippen molar-refractivity contribution in [2.75, 3.05) is 6.61 Å². The van der Waals surface area contributed by atoms with Crippen LogP contribution in [0.2, 0.25) is 0 Å². The quantitative estimate of drug-likeness (QED) is 0.191. The van der Waals surface area contributed by atoms with Gasteiger partial charge >= 0.3 is 23.5 Å². The molecular weight excluding hydrogens is 493 g/mol. The van der Waals surface area contributed by atoms with Crippen LogP contribution in [0.5, 0.6) is 0 Å². The highest BCUT2D eigenvalue weighted by molar-refractivity contribution is 7.66. The maximum atomic E-state index is 11.8. The van der Waals surface area contributed by atoms with Crippen LogP contribution in [0.1, 0.15) is 6.23 Å². The topological polar surface area (TPSA) is 273 Å². The number of aliphatic hydroxyl groups excluding tert-OH is 2. The molecule has 2 aromatic heterocycles. The molecule has 0 bridgehead atoms. The minimum atomic E-state index is -5.72. The summed E-state index contributed by atoms with van der Waals surface area (Å²) in [4.78, 5) is 57.2. The third-order valence-corrected chi connectivity index (χ3v) is 7.60. The summed E-state index contributed by atoms with van der Waals surface area (Å²) in [5.41, 5.74) is -0.681. The van der Waals surface area contributed by atoms with E-state index in [4.69, 9.17) is 19.4 Å². The van der Waals surface area contributed by atoms with Gasteiger partial charge in [0.05, 0.1) is 19.3 Å². The Balaban J connectivity index is 1.70. The van der Waals surface area contributed by atoms with Crippen molar-refractivity contribution in [3.05, 3.63) is 23.0 Å². The lowest BCUT2D eigenvalue weighted by Crippen LogP contribution is -2.33. The molecule has 0 saturated carbocycles. The van der Waals surface area contributed by atoms with Crippen molar-refractivity contribution in [1.82, 2.24) is 19.5 Å². The van der Waals surface area contributed by atoms with Crippen molar-refractivity contribution >= 4 is 34.6 Å². The second kappa shape index (κ2) is 8.53. The first-order valence-corrected chi connectivity index (χ1v) is 12.4. The Kier molecular flexibility index (Phi) is 6.68. The fourth-order valence-electron chi connectivity index (χ4n) is 2.62. The van der Waals surface area contributed by atoms with Crippen LogP contribution in [0.25, 0.3) is 11.2 Å². The smallest absolute Gasteiger partial charge is 0.387 e. The predicted octanol–water partition coefficient (Wildman–Crippen LogP) is -1.92. The fourth-order valence-corrected chi connectivity index (χ4v) is 5.65. The van der Waals surface area contributed by atoms with E-state index in [1.54, 1.807) is 0 Å². The second-order valence-corrected chi connectivity index (χ2v) is 10.4. The molecule has 0 amide bonds. The Labute approximate surface area is 170 Å². The molecule has 1 aliphatic rings. The molecule has 21 heteroatoms. The van der Waals surface area contributed by atoms with E-state index in [9.17, 15) is 33.6 Å². The number of aromatic amines is 1. The zero-order valence-corrected chi connectivity index (χ0v) is 17.5. The largest absolute Gasteiger partial charge is 0.490 e. The van der Waals surface area contributed by atoms with E-state index in [0.29, 0.717) is 0 Å². The molecular formula is C10H15N4O14P3. The van der Waals surface area contributed by atoms with Crippen LogP contribution < -0.4 is 5.56 Å². The summed E-state index contributed by atoms with van der Waals surface area (Å²) in [5, 5.41) is 20.3. The van der Waals surface area contributed by atoms with Gasteiger partial charge in [-0.2, -0.15) is 8.62 Å². The van der Waals surface area contributed by atoms with Gasteiger partial charge in [-0.05, 0) is 0 Å². The molecule has 18 nitrogen and oxygen atoms in total. The molecule has 0 spiro atoms. The summed E-state index contributed by atoms with van der Waals surface area (Å²) >= 11 is 0. The number of hydrogen-bond acceptors (Lipinski definition) is 12. The highest BCUT2D eigenvalue weighted by Crippen LogP contribution is 2.66. The summed E-state index contributed by atoms with van der Waals surface area (Å²) in [5.74, 6) is 0. The van der Waals surface area contributed by atoms with Crippen molar-refractivity contribution in [2.45, 2.75) is 24.5 Å². The van der Waals surface area contributed by atoms with E-state index in [1.807, 2.05) is 0 Å². The number of ether oxygens (including phenoxy) is 1. The van der Waals surface area contributed by atoms with Gasteiger partial charge in [0.2, 0.25) is 0 Å². The average Bonchev–Trinajstić information content (AvgIpc) is 3.13. The molecule has 174 valence electrons. The van der Waals surface area contributed by atoms with E-state index < -0.39 is 60.2 Å². The number of fused-ring (bicyclic) bond motifs is 1. The number of phosphoric ester groups is 1. The van der Waals surface area contributed by atoms with E-state index in [0.717, 1.165) is 17.2 Å². The number of aliphatic hydroxyl groups is 2. The number of rotatable bonds is 8. The number of aromatic nitrogens is 4. The van der Waals surface area contributed by atoms with Crippen LogP contribution in [-0.4, -0.2) is 74.2 Å². The van der Waals surface area contributed by atoms with Crippen molar-refractivity contribution in [3.8, 4) is 0 Å². The molecule has 0 aliphatic carbocycles. The third kappa shape index (κ3) is 5.71. The van der Waals surface area contributed by atoms with Gasteiger partial charge in [0.15, 0.2) is 17.4 Å². The minimum absolute atomic E-state index is 0.00599. The Bertz CT molecular complexity index is 1160. The van der Waals surface area contributed by atoms with Gasteiger partial charge in [0, 0.05) is 0 Å². The Morgan fingerprint density at radius 3 is 2.39 bits per heavy atom. The molecule has 6 atom stereocenters. The number of H-pyrrole nitrogens is 1. The summed E-state index contributed by atoms with van der Waals surface area (Å²) < 4.78 is 51.6. The highest BCUT2D eigenvalue weighted by Gasteiger charge is 2.47. The zero-order valence-electron chi connectivity index (χ0n) is 14.8. The van der Waals surface area contributed by atoms with E-state index in [1.165, 1.54) is 0 Å². The SMILES string of the molecule is O=c1[nH]cnc2c1ncn2C1OC(COP(=O)(O)OP(=O)(O)OP(=O)(O)O)[C@H](O)C1O. The summed E-state index contributed by atoms with van der Waals surface area (Å²) in [6.07, 6.45) is -4.05. The fraction of sp³-hybridized carbons (Fsp3) is 0.500. The Morgan fingerprint density at radius 2 is 1.74 bits per heavy atom. The average molecular weight is 508 g/mol. The molecule has 7 N–H and O–H groups in total. The summed E-state index contributed by atoms with van der Waals surface area (Å²) in [7, 11) is -16.7. The van der Waals surface area contributed by atoms with Gasteiger partial charge in [-0.25, -0.2) is 23.7 Å². The number of hydrogen-bond donors (Lipinski definition) is 7. The van der Waals surface area contributed by atoms with Crippen molar-refractivity contribution in [2.24, 2.45) is 0 Å². The zero-order chi connectivity index (χ0) is 23.2. The normalized spacial score (nSPS) is 28.5. The predicted molar refractivity (Wildman–Crippen MR) is 93.9 cm³/mol.